The molecule has 1 aliphatic carbocycles. The molecule has 2 heteroatoms. The predicted octanol–water partition coefficient (Wildman–Crippen LogP) is 7.21. The van der Waals surface area contributed by atoms with Crippen LogP contribution in [-0.2, 0) is 0 Å². The number of hydrogen-bond donors (Lipinski definition) is 0. The zero-order valence-corrected chi connectivity index (χ0v) is 17.4. The molecule has 1 aromatic rings. The van der Waals surface area contributed by atoms with E-state index in [1.165, 1.54) is 48.8 Å². The van der Waals surface area contributed by atoms with E-state index in [2.05, 4.69) is 53.7 Å². The monoisotopic (exact) mass is 346 g/mol. The molecule has 0 N–H and O–H groups in total. The SMILES string of the molecule is CC(C)c1cc(C(C)C)c(C(=O)PC2CCCCC2)c(C(C)C)c1. The number of benzene rings is 1. The Morgan fingerprint density at radius 3 is 1.79 bits per heavy atom. The van der Waals surface area contributed by atoms with Crippen molar-refractivity contribution in [3.8, 4) is 0 Å². The van der Waals surface area contributed by atoms with Crippen molar-refractivity contribution < 1.29 is 4.79 Å². The summed E-state index contributed by atoms with van der Waals surface area (Å²) in [5.41, 5.74) is 6.05. The average Bonchev–Trinajstić information content (AvgIpc) is 2.54. The molecule has 134 valence electrons. The third-order valence-electron chi connectivity index (χ3n) is 5.30. The fourth-order valence-electron chi connectivity index (χ4n) is 3.72. The summed E-state index contributed by atoms with van der Waals surface area (Å²) >= 11 is 0. The van der Waals surface area contributed by atoms with Gasteiger partial charge in [0.2, 0.25) is 0 Å². The largest absolute Gasteiger partial charge is 0.289 e. The van der Waals surface area contributed by atoms with Crippen molar-refractivity contribution in [2.24, 2.45) is 0 Å². The highest BCUT2D eigenvalue weighted by atomic mass is 31.1. The van der Waals surface area contributed by atoms with Gasteiger partial charge in [0.25, 0.3) is 0 Å². The maximum atomic E-state index is 13.3. The first-order chi connectivity index (χ1) is 11.3. The molecular weight excluding hydrogens is 311 g/mol. The van der Waals surface area contributed by atoms with E-state index in [4.69, 9.17) is 0 Å². The third-order valence-corrected chi connectivity index (χ3v) is 6.80. The van der Waals surface area contributed by atoms with E-state index >= 15 is 0 Å². The van der Waals surface area contributed by atoms with Gasteiger partial charge in [0.15, 0.2) is 5.52 Å². The summed E-state index contributed by atoms with van der Waals surface area (Å²) in [7, 11) is 0.463. The van der Waals surface area contributed by atoms with E-state index in [-0.39, 0.29) is 0 Å². The van der Waals surface area contributed by atoms with Crippen molar-refractivity contribution >= 4 is 14.1 Å². The lowest BCUT2D eigenvalue weighted by atomic mass is 9.85. The van der Waals surface area contributed by atoms with E-state index in [0.717, 1.165) is 5.56 Å². The van der Waals surface area contributed by atoms with E-state index in [9.17, 15) is 4.79 Å². The second kappa shape index (κ2) is 8.61. The first-order valence-corrected chi connectivity index (χ1v) is 10.9. The molecule has 1 aliphatic rings. The minimum Gasteiger partial charge on any atom is -0.289 e. The Balaban J connectivity index is 2.43. The topological polar surface area (TPSA) is 17.1 Å². The standard InChI is InChI=1S/C22H35OP/c1-14(2)17-12-19(15(3)4)21(20(13-17)16(5)6)22(23)24-18-10-8-7-9-11-18/h12-16,18,24H,7-11H2,1-6H3. The first-order valence-electron chi connectivity index (χ1n) is 9.79. The minimum absolute atomic E-state index is 0.399. The van der Waals surface area contributed by atoms with Gasteiger partial charge in [-0.2, -0.15) is 0 Å². The molecule has 1 nitrogen and oxygen atoms in total. The highest BCUT2D eigenvalue weighted by Gasteiger charge is 2.25. The summed E-state index contributed by atoms with van der Waals surface area (Å²) in [6.07, 6.45) is 6.48. The summed E-state index contributed by atoms with van der Waals surface area (Å²) in [4.78, 5) is 13.3. The van der Waals surface area contributed by atoms with Gasteiger partial charge in [-0.3, -0.25) is 4.79 Å². The first kappa shape index (κ1) is 19.6. The second-order valence-electron chi connectivity index (χ2n) is 8.35. The van der Waals surface area contributed by atoms with Gasteiger partial charge in [-0.25, -0.2) is 0 Å². The molecule has 0 radical (unpaired) electrons. The molecule has 1 unspecified atom stereocenters. The molecule has 1 fully saturated rings. The molecule has 0 saturated heterocycles. The van der Waals surface area contributed by atoms with E-state index in [1.807, 2.05) is 0 Å². The van der Waals surface area contributed by atoms with E-state index < -0.39 is 0 Å². The molecule has 1 saturated carbocycles. The summed E-state index contributed by atoms with van der Waals surface area (Å²) in [5, 5.41) is 0. The summed E-state index contributed by atoms with van der Waals surface area (Å²) < 4.78 is 0. The lowest BCUT2D eigenvalue weighted by Crippen LogP contribution is -2.14. The lowest BCUT2D eigenvalue weighted by molar-refractivity contribution is 0.108. The fourth-order valence-corrected chi connectivity index (χ4v) is 5.22. The molecule has 0 bridgehead atoms. The maximum absolute atomic E-state index is 13.3. The molecule has 0 heterocycles. The van der Waals surface area contributed by atoms with Crippen LogP contribution in [0.3, 0.4) is 0 Å². The predicted molar refractivity (Wildman–Crippen MR) is 108 cm³/mol. The number of carbonyl (C=O) groups excluding carboxylic acids is 1. The van der Waals surface area contributed by atoms with Crippen molar-refractivity contribution in [3.63, 3.8) is 0 Å². The Morgan fingerprint density at radius 1 is 0.875 bits per heavy atom. The highest BCUT2D eigenvalue weighted by molar-refractivity contribution is 7.59. The fraction of sp³-hybridized carbons (Fsp3) is 0.682. The van der Waals surface area contributed by atoms with Crippen LogP contribution in [0.25, 0.3) is 0 Å². The normalized spacial score (nSPS) is 16.9. The number of rotatable bonds is 6. The Labute approximate surface area is 150 Å². The quantitative estimate of drug-likeness (QED) is 0.497. The number of hydrogen-bond acceptors (Lipinski definition) is 1. The van der Waals surface area contributed by atoms with Gasteiger partial charge in [-0.05, 0) is 61.5 Å². The van der Waals surface area contributed by atoms with Gasteiger partial charge in [0.05, 0.1) is 0 Å². The van der Waals surface area contributed by atoms with Crippen molar-refractivity contribution in [2.75, 3.05) is 0 Å². The molecule has 1 aromatic carbocycles. The zero-order valence-electron chi connectivity index (χ0n) is 16.4. The maximum Gasteiger partial charge on any atom is 0.181 e. The van der Waals surface area contributed by atoms with Crippen molar-refractivity contribution in [2.45, 2.75) is 97.1 Å². The van der Waals surface area contributed by atoms with E-state index in [0.29, 0.717) is 37.5 Å². The molecular formula is C22H35OP. The molecule has 0 aliphatic heterocycles. The van der Waals surface area contributed by atoms with Gasteiger partial charge >= 0.3 is 0 Å². The van der Waals surface area contributed by atoms with Gasteiger partial charge in [0.1, 0.15) is 0 Å². The Hall–Kier alpha value is -0.680. The van der Waals surface area contributed by atoms with Crippen molar-refractivity contribution in [3.05, 3.63) is 34.4 Å². The smallest absolute Gasteiger partial charge is 0.181 e. The van der Waals surface area contributed by atoms with Gasteiger partial charge in [0, 0.05) is 5.56 Å². The summed E-state index contributed by atoms with van der Waals surface area (Å²) in [6.45, 7) is 13.4. The van der Waals surface area contributed by atoms with Crippen LogP contribution < -0.4 is 0 Å². The Kier molecular flexibility index (Phi) is 7.05. The zero-order chi connectivity index (χ0) is 17.9. The van der Waals surface area contributed by atoms with Crippen LogP contribution in [0.5, 0.6) is 0 Å². The highest BCUT2D eigenvalue weighted by Crippen LogP contribution is 2.40. The van der Waals surface area contributed by atoms with Crippen LogP contribution in [0, 0.1) is 0 Å². The Bertz CT molecular complexity index is 536. The van der Waals surface area contributed by atoms with Crippen LogP contribution in [0.1, 0.15) is 118 Å². The van der Waals surface area contributed by atoms with Crippen molar-refractivity contribution in [1.29, 1.82) is 0 Å². The molecule has 1 atom stereocenters. The molecule has 0 spiro atoms. The molecule has 2 rings (SSSR count). The molecule has 0 aromatic heterocycles. The average molecular weight is 346 g/mol. The van der Waals surface area contributed by atoms with Gasteiger partial charge < -0.3 is 0 Å². The molecule has 24 heavy (non-hydrogen) atoms. The van der Waals surface area contributed by atoms with Crippen LogP contribution in [0.15, 0.2) is 12.1 Å². The minimum atomic E-state index is 0.399. The van der Waals surface area contributed by atoms with Crippen LogP contribution >= 0.6 is 8.58 Å². The summed E-state index contributed by atoms with van der Waals surface area (Å²) in [6, 6.07) is 4.61. The molecule has 0 amide bonds. The van der Waals surface area contributed by atoms with Gasteiger partial charge in [-0.1, -0.05) is 72.9 Å². The lowest BCUT2D eigenvalue weighted by Gasteiger charge is -2.25. The third kappa shape index (κ3) is 4.69. The van der Waals surface area contributed by atoms with Crippen molar-refractivity contribution in [1.82, 2.24) is 0 Å². The second-order valence-corrected chi connectivity index (χ2v) is 9.91. The Morgan fingerprint density at radius 2 is 1.38 bits per heavy atom. The van der Waals surface area contributed by atoms with Crippen LogP contribution in [-0.4, -0.2) is 11.2 Å². The summed E-state index contributed by atoms with van der Waals surface area (Å²) in [5.74, 6) is 1.30. The van der Waals surface area contributed by atoms with Gasteiger partial charge in [-0.15, -0.1) is 0 Å². The number of carbonyl (C=O) groups is 1. The van der Waals surface area contributed by atoms with E-state index in [1.54, 1.807) is 0 Å². The van der Waals surface area contributed by atoms with Crippen LogP contribution in [0.2, 0.25) is 0 Å². The van der Waals surface area contributed by atoms with Crippen LogP contribution in [0.4, 0.5) is 0 Å².